The number of sulfone groups is 1. The highest BCUT2D eigenvalue weighted by molar-refractivity contribution is 7.90. The molecule has 0 spiro atoms. The molecule has 34 heavy (non-hydrogen) atoms. The van der Waals surface area contributed by atoms with E-state index in [0.717, 1.165) is 11.1 Å². The second kappa shape index (κ2) is 11.4. The molecule has 0 fully saturated rings. The first kappa shape index (κ1) is 27.9. The standard InChI is InChI=1S/C25H41N5O3S/c1-19(2)16-30-22(17-29(14-13-28(7)8)23(31)27-25(4,5)6)15-26-24(30)34(32,33)18-21-12-10-9-11-20(21)3/h9-12,15,19H,13-14,16-18H2,1-8H3,(H,27,31). The number of likely N-dealkylation sites (N-methyl/N-ethyl adjacent to an activating group) is 1. The highest BCUT2D eigenvalue weighted by atomic mass is 32.2. The van der Waals surface area contributed by atoms with Crippen molar-refractivity contribution in [3.05, 3.63) is 47.3 Å². The van der Waals surface area contributed by atoms with Crippen molar-refractivity contribution in [1.29, 1.82) is 0 Å². The van der Waals surface area contributed by atoms with E-state index in [1.807, 2.05) is 84.8 Å². The Kier molecular flexibility index (Phi) is 9.30. The van der Waals surface area contributed by atoms with Crippen LogP contribution in [0.3, 0.4) is 0 Å². The Morgan fingerprint density at radius 2 is 1.79 bits per heavy atom. The summed E-state index contributed by atoms with van der Waals surface area (Å²) in [6.45, 7) is 13.8. The minimum absolute atomic E-state index is 0.0586. The summed E-state index contributed by atoms with van der Waals surface area (Å²) in [5, 5.41) is 3.08. The molecule has 2 rings (SSSR count). The van der Waals surface area contributed by atoms with E-state index in [2.05, 4.69) is 10.3 Å². The maximum absolute atomic E-state index is 13.4. The van der Waals surface area contributed by atoms with Gasteiger partial charge in [0.15, 0.2) is 0 Å². The first-order valence-corrected chi connectivity index (χ1v) is 13.4. The number of aromatic nitrogens is 2. The molecule has 0 saturated carbocycles. The molecule has 190 valence electrons. The van der Waals surface area contributed by atoms with Gasteiger partial charge in [0, 0.05) is 25.2 Å². The molecule has 0 atom stereocenters. The lowest BCUT2D eigenvalue weighted by atomic mass is 10.1. The van der Waals surface area contributed by atoms with Gasteiger partial charge in [-0.3, -0.25) is 0 Å². The fraction of sp³-hybridized carbons (Fsp3) is 0.600. The van der Waals surface area contributed by atoms with E-state index < -0.39 is 9.84 Å². The number of hydrogen-bond donors (Lipinski definition) is 1. The number of imidazole rings is 1. The molecule has 2 amide bonds. The van der Waals surface area contributed by atoms with Crippen LogP contribution in [-0.2, 0) is 28.7 Å². The quantitative estimate of drug-likeness (QED) is 0.548. The third-order valence-electron chi connectivity index (χ3n) is 5.27. The van der Waals surface area contributed by atoms with Gasteiger partial charge in [0.05, 0.1) is 24.2 Å². The zero-order valence-electron chi connectivity index (χ0n) is 21.9. The monoisotopic (exact) mass is 491 g/mol. The molecule has 0 bridgehead atoms. The Morgan fingerprint density at radius 3 is 2.35 bits per heavy atom. The number of aryl methyl sites for hydroxylation is 1. The summed E-state index contributed by atoms with van der Waals surface area (Å²) in [6, 6.07) is 7.31. The normalized spacial score (nSPS) is 12.4. The molecule has 0 unspecified atom stereocenters. The summed E-state index contributed by atoms with van der Waals surface area (Å²) >= 11 is 0. The number of benzene rings is 1. The van der Waals surface area contributed by atoms with Crippen LogP contribution in [0.1, 0.15) is 51.4 Å². The summed E-state index contributed by atoms with van der Waals surface area (Å²) < 4.78 is 28.6. The van der Waals surface area contributed by atoms with E-state index in [9.17, 15) is 13.2 Å². The molecule has 2 aromatic rings. The molecule has 1 aromatic carbocycles. The number of nitrogens with one attached hydrogen (secondary N) is 1. The van der Waals surface area contributed by atoms with Gasteiger partial charge in [0.1, 0.15) is 0 Å². The molecule has 0 radical (unpaired) electrons. The minimum Gasteiger partial charge on any atom is -0.333 e. The second-order valence-electron chi connectivity index (χ2n) is 10.6. The zero-order valence-corrected chi connectivity index (χ0v) is 22.7. The predicted molar refractivity (Wildman–Crippen MR) is 136 cm³/mol. The fourth-order valence-corrected chi connectivity index (χ4v) is 5.14. The van der Waals surface area contributed by atoms with Gasteiger partial charge in [0.25, 0.3) is 0 Å². The third kappa shape index (κ3) is 8.13. The number of hydrogen-bond acceptors (Lipinski definition) is 5. The Hall–Kier alpha value is -2.39. The van der Waals surface area contributed by atoms with Crippen molar-refractivity contribution in [3.63, 3.8) is 0 Å². The fourth-order valence-electron chi connectivity index (χ4n) is 3.54. The molecule has 9 heteroatoms. The molecule has 0 aliphatic rings. The molecule has 1 aromatic heterocycles. The van der Waals surface area contributed by atoms with Crippen LogP contribution in [0.25, 0.3) is 0 Å². The number of rotatable bonds is 10. The molecule has 8 nitrogen and oxygen atoms in total. The lowest BCUT2D eigenvalue weighted by Crippen LogP contribution is -2.49. The van der Waals surface area contributed by atoms with Crippen molar-refractivity contribution in [3.8, 4) is 0 Å². The van der Waals surface area contributed by atoms with Crippen LogP contribution in [0.5, 0.6) is 0 Å². The lowest BCUT2D eigenvalue weighted by molar-refractivity contribution is 0.178. The number of carbonyl (C=O) groups is 1. The van der Waals surface area contributed by atoms with Gasteiger partial charge in [-0.1, -0.05) is 38.1 Å². The molecule has 1 N–H and O–H groups in total. The smallest absolute Gasteiger partial charge is 0.318 e. The highest BCUT2D eigenvalue weighted by Crippen LogP contribution is 2.22. The third-order valence-corrected chi connectivity index (χ3v) is 6.85. The van der Waals surface area contributed by atoms with Gasteiger partial charge >= 0.3 is 6.03 Å². The molecular formula is C25H41N5O3S. The Bertz CT molecular complexity index is 1070. The largest absolute Gasteiger partial charge is 0.333 e. The van der Waals surface area contributed by atoms with Crippen molar-refractivity contribution in [2.75, 3.05) is 27.2 Å². The summed E-state index contributed by atoms with van der Waals surface area (Å²) in [4.78, 5) is 21.1. The maximum Gasteiger partial charge on any atom is 0.318 e. The molecule has 0 aliphatic heterocycles. The van der Waals surface area contributed by atoms with Crippen LogP contribution < -0.4 is 5.32 Å². The highest BCUT2D eigenvalue weighted by Gasteiger charge is 2.27. The molecule has 0 aliphatic carbocycles. The van der Waals surface area contributed by atoms with E-state index in [4.69, 9.17) is 0 Å². The van der Waals surface area contributed by atoms with Crippen LogP contribution in [-0.4, -0.2) is 66.5 Å². The average molecular weight is 492 g/mol. The maximum atomic E-state index is 13.4. The van der Waals surface area contributed by atoms with Gasteiger partial charge < -0.3 is 19.7 Å². The van der Waals surface area contributed by atoms with Gasteiger partial charge in [0.2, 0.25) is 15.0 Å². The summed E-state index contributed by atoms with van der Waals surface area (Å²) in [5.74, 6) is 0.0993. The number of carbonyl (C=O) groups excluding carboxylic acids is 1. The van der Waals surface area contributed by atoms with Crippen molar-refractivity contribution < 1.29 is 13.2 Å². The van der Waals surface area contributed by atoms with E-state index in [1.165, 1.54) is 0 Å². The topological polar surface area (TPSA) is 87.5 Å². The summed E-state index contributed by atoms with van der Waals surface area (Å²) in [7, 11) is 0.238. The first-order chi connectivity index (χ1) is 15.7. The van der Waals surface area contributed by atoms with Gasteiger partial charge in [-0.25, -0.2) is 18.2 Å². The van der Waals surface area contributed by atoms with Crippen LogP contribution in [0.4, 0.5) is 4.79 Å². The van der Waals surface area contributed by atoms with E-state index >= 15 is 0 Å². The first-order valence-electron chi connectivity index (χ1n) is 11.7. The van der Waals surface area contributed by atoms with Gasteiger partial charge in [-0.05, 0) is 58.8 Å². The Morgan fingerprint density at radius 1 is 1.15 bits per heavy atom. The van der Waals surface area contributed by atoms with Gasteiger partial charge in [-0.2, -0.15) is 0 Å². The van der Waals surface area contributed by atoms with Crippen molar-refractivity contribution >= 4 is 15.9 Å². The van der Waals surface area contributed by atoms with Crippen molar-refractivity contribution in [1.82, 2.24) is 24.7 Å². The minimum atomic E-state index is -3.68. The Labute approximate surface area is 205 Å². The second-order valence-corrected chi connectivity index (χ2v) is 12.5. The Balaban J connectivity index is 2.42. The van der Waals surface area contributed by atoms with Crippen molar-refractivity contribution in [2.45, 2.75) is 71.1 Å². The van der Waals surface area contributed by atoms with E-state index in [-0.39, 0.29) is 34.9 Å². The van der Waals surface area contributed by atoms with Crippen LogP contribution in [0.15, 0.2) is 35.6 Å². The van der Waals surface area contributed by atoms with Crippen molar-refractivity contribution in [2.24, 2.45) is 5.92 Å². The summed E-state index contributed by atoms with van der Waals surface area (Å²) in [6.07, 6.45) is 1.60. The van der Waals surface area contributed by atoms with Gasteiger partial charge in [-0.15, -0.1) is 0 Å². The number of urea groups is 1. The van der Waals surface area contributed by atoms with Crippen LogP contribution in [0, 0.1) is 12.8 Å². The summed E-state index contributed by atoms with van der Waals surface area (Å²) in [5.41, 5.74) is 2.02. The average Bonchev–Trinajstić information content (AvgIpc) is 3.07. The predicted octanol–water partition coefficient (Wildman–Crippen LogP) is 3.69. The van der Waals surface area contributed by atoms with Crippen LogP contribution in [0.2, 0.25) is 0 Å². The molecule has 1 heterocycles. The van der Waals surface area contributed by atoms with E-state index in [0.29, 0.717) is 25.3 Å². The zero-order chi connectivity index (χ0) is 25.7. The number of amides is 2. The molecular weight excluding hydrogens is 450 g/mol. The van der Waals surface area contributed by atoms with Crippen LogP contribution >= 0.6 is 0 Å². The number of nitrogens with zero attached hydrogens (tertiary/aromatic N) is 4. The SMILES string of the molecule is Cc1ccccc1CS(=O)(=O)c1ncc(CN(CCN(C)C)C(=O)NC(C)(C)C)n1CC(C)C. The van der Waals surface area contributed by atoms with E-state index in [1.54, 1.807) is 15.7 Å². The lowest BCUT2D eigenvalue weighted by Gasteiger charge is -2.29. The molecule has 0 saturated heterocycles.